The zero-order valence-electron chi connectivity index (χ0n) is 8.81. The van der Waals surface area contributed by atoms with Gasteiger partial charge in [0.15, 0.2) is 0 Å². The van der Waals surface area contributed by atoms with Crippen LogP contribution in [0.1, 0.15) is 16.8 Å². The Hall–Kier alpha value is -2.15. The lowest BCUT2D eigenvalue weighted by atomic mass is 10.1. The van der Waals surface area contributed by atoms with Crippen molar-refractivity contribution in [3.05, 3.63) is 53.1 Å². The maximum absolute atomic E-state index is 13.7. The molecule has 1 heterocycles. The van der Waals surface area contributed by atoms with Crippen LogP contribution in [0.25, 0.3) is 0 Å². The molecule has 2 aromatic rings. The molecule has 0 spiro atoms. The predicted octanol–water partition coefficient (Wildman–Crippen LogP) is 2.25. The van der Waals surface area contributed by atoms with Crippen molar-refractivity contribution in [2.24, 2.45) is 0 Å². The van der Waals surface area contributed by atoms with Gasteiger partial charge in [0, 0.05) is 11.8 Å². The number of aromatic nitrogens is 2. The van der Waals surface area contributed by atoms with Gasteiger partial charge in [0.2, 0.25) is 0 Å². The molecule has 0 aliphatic rings. The molecule has 2 rings (SSSR count). The van der Waals surface area contributed by atoms with Crippen molar-refractivity contribution in [1.82, 2.24) is 9.78 Å². The van der Waals surface area contributed by atoms with Gasteiger partial charge in [-0.05, 0) is 19.1 Å². The number of hydrogen-bond donors (Lipinski definition) is 0. The van der Waals surface area contributed by atoms with Gasteiger partial charge in [0.25, 0.3) is 0 Å². The van der Waals surface area contributed by atoms with Crippen LogP contribution in [0.2, 0.25) is 0 Å². The van der Waals surface area contributed by atoms with Crippen LogP contribution in [0.5, 0.6) is 0 Å². The Bertz CT molecular complexity index is 552. The third kappa shape index (κ3) is 1.94. The molecule has 0 saturated carbocycles. The molecule has 0 fully saturated rings. The fraction of sp³-hybridized carbons (Fsp3) is 0.167. The summed E-state index contributed by atoms with van der Waals surface area (Å²) in [6, 6.07) is 8.47. The van der Waals surface area contributed by atoms with Crippen molar-refractivity contribution < 1.29 is 4.39 Å². The molecule has 0 bridgehead atoms. The topological polar surface area (TPSA) is 41.6 Å². The van der Waals surface area contributed by atoms with Crippen molar-refractivity contribution in [3.63, 3.8) is 0 Å². The molecule has 0 saturated heterocycles. The van der Waals surface area contributed by atoms with Crippen molar-refractivity contribution in [2.45, 2.75) is 13.5 Å². The van der Waals surface area contributed by atoms with Crippen molar-refractivity contribution in [1.29, 1.82) is 5.26 Å². The Labute approximate surface area is 92.7 Å². The molecule has 80 valence electrons. The average molecular weight is 215 g/mol. The average Bonchev–Trinajstić information content (AvgIpc) is 2.67. The van der Waals surface area contributed by atoms with Crippen LogP contribution in [0.3, 0.4) is 0 Å². The largest absolute Gasteiger partial charge is 0.268 e. The SMILES string of the molecule is Cc1ccn(Cc2cccc(C#N)c2F)n1. The van der Waals surface area contributed by atoms with E-state index in [4.69, 9.17) is 5.26 Å². The van der Waals surface area contributed by atoms with Crippen molar-refractivity contribution in [3.8, 4) is 6.07 Å². The minimum Gasteiger partial charge on any atom is -0.268 e. The van der Waals surface area contributed by atoms with Gasteiger partial charge in [-0.3, -0.25) is 4.68 Å². The summed E-state index contributed by atoms with van der Waals surface area (Å²) in [5.74, 6) is -0.460. The molecule has 0 aliphatic carbocycles. The van der Waals surface area contributed by atoms with E-state index < -0.39 is 5.82 Å². The van der Waals surface area contributed by atoms with Crippen LogP contribution >= 0.6 is 0 Å². The van der Waals surface area contributed by atoms with Gasteiger partial charge in [-0.1, -0.05) is 12.1 Å². The van der Waals surface area contributed by atoms with Crippen LogP contribution in [0.4, 0.5) is 4.39 Å². The number of rotatable bonds is 2. The molecule has 3 nitrogen and oxygen atoms in total. The second-order valence-electron chi connectivity index (χ2n) is 3.55. The highest BCUT2D eigenvalue weighted by Crippen LogP contribution is 2.13. The summed E-state index contributed by atoms with van der Waals surface area (Å²) in [4.78, 5) is 0. The molecular formula is C12H10FN3. The second-order valence-corrected chi connectivity index (χ2v) is 3.55. The van der Waals surface area contributed by atoms with Crippen molar-refractivity contribution >= 4 is 0 Å². The van der Waals surface area contributed by atoms with E-state index in [1.165, 1.54) is 6.07 Å². The summed E-state index contributed by atoms with van der Waals surface area (Å²) >= 11 is 0. The Morgan fingerprint density at radius 1 is 1.44 bits per heavy atom. The summed E-state index contributed by atoms with van der Waals surface area (Å²) in [6.45, 7) is 2.22. The molecule has 16 heavy (non-hydrogen) atoms. The molecule has 1 aromatic carbocycles. The summed E-state index contributed by atoms with van der Waals surface area (Å²) in [5, 5.41) is 12.9. The molecule has 0 N–H and O–H groups in total. The van der Waals surface area contributed by atoms with E-state index in [1.807, 2.05) is 19.1 Å². The van der Waals surface area contributed by atoms with Gasteiger partial charge in [-0.2, -0.15) is 10.4 Å². The van der Waals surface area contributed by atoms with E-state index in [9.17, 15) is 4.39 Å². The van der Waals surface area contributed by atoms with Crippen LogP contribution in [0, 0.1) is 24.1 Å². The first-order chi connectivity index (χ1) is 7.70. The molecular weight excluding hydrogens is 205 g/mol. The Kier molecular flexibility index (Phi) is 2.69. The van der Waals surface area contributed by atoms with E-state index in [-0.39, 0.29) is 5.56 Å². The smallest absolute Gasteiger partial charge is 0.146 e. The van der Waals surface area contributed by atoms with Crippen LogP contribution in [-0.2, 0) is 6.54 Å². The molecule has 0 atom stereocenters. The Balaban J connectivity index is 2.32. The first-order valence-corrected chi connectivity index (χ1v) is 4.88. The molecule has 0 radical (unpaired) electrons. The number of aryl methyl sites for hydroxylation is 1. The highest BCUT2D eigenvalue weighted by molar-refractivity contribution is 5.35. The number of hydrogen-bond acceptors (Lipinski definition) is 2. The van der Waals surface area contributed by atoms with Gasteiger partial charge in [0.1, 0.15) is 11.9 Å². The first kappa shape index (κ1) is 10.4. The summed E-state index contributed by atoms with van der Waals surface area (Å²) in [6.07, 6.45) is 1.79. The fourth-order valence-corrected chi connectivity index (χ4v) is 1.51. The third-order valence-electron chi connectivity index (χ3n) is 2.31. The van der Waals surface area contributed by atoms with Gasteiger partial charge in [0.05, 0.1) is 17.8 Å². The summed E-state index contributed by atoms with van der Waals surface area (Å²) in [7, 11) is 0. The highest BCUT2D eigenvalue weighted by Gasteiger charge is 2.08. The molecule has 0 unspecified atom stereocenters. The van der Waals surface area contributed by atoms with E-state index >= 15 is 0 Å². The Morgan fingerprint density at radius 2 is 2.25 bits per heavy atom. The standard InChI is InChI=1S/C12H10FN3/c1-9-5-6-16(15-9)8-11-4-2-3-10(7-14)12(11)13/h2-6H,8H2,1H3. The van der Waals surface area contributed by atoms with Crippen LogP contribution < -0.4 is 0 Å². The molecule has 1 aromatic heterocycles. The maximum atomic E-state index is 13.7. The minimum absolute atomic E-state index is 0.0707. The van der Waals surface area contributed by atoms with E-state index in [2.05, 4.69) is 5.10 Å². The fourth-order valence-electron chi connectivity index (χ4n) is 1.51. The zero-order chi connectivity index (χ0) is 11.5. The number of benzene rings is 1. The number of nitriles is 1. The lowest BCUT2D eigenvalue weighted by molar-refractivity contribution is 0.581. The summed E-state index contributed by atoms with van der Waals surface area (Å²) < 4.78 is 15.3. The van der Waals surface area contributed by atoms with Gasteiger partial charge < -0.3 is 0 Å². The zero-order valence-corrected chi connectivity index (χ0v) is 8.81. The number of nitrogens with zero attached hydrogens (tertiary/aromatic N) is 3. The van der Waals surface area contributed by atoms with E-state index in [1.54, 1.807) is 23.0 Å². The quantitative estimate of drug-likeness (QED) is 0.771. The predicted molar refractivity (Wildman–Crippen MR) is 57.2 cm³/mol. The summed E-state index contributed by atoms with van der Waals surface area (Å²) in [5.41, 5.74) is 1.43. The first-order valence-electron chi connectivity index (χ1n) is 4.88. The third-order valence-corrected chi connectivity index (χ3v) is 2.31. The van der Waals surface area contributed by atoms with Crippen LogP contribution in [0.15, 0.2) is 30.5 Å². The van der Waals surface area contributed by atoms with Crippen LogP contribution in [-0.4, -0.2) is 9.78 Å². The minimum atomic E-state index is -0.460. The molecule has 0 amide bonds. The normalized spacial score (nSPS) is 10.1. The van der Waals surface area contributed by atoms with Gasteiger partial charge in [-0.15, -0.1) is 0 Å². The highest BCUT2D eigenvalue weighted by atomic mass is 19.1. The molecule has 0 aliphatic heterocycles. The van der Waals surface area contributed by atoms with E-state index in [0.717, 1.165) is 5.69 Å². The van der Waals surface area contributed by atoms with E-state index in [0.29, 0.717) is 12.1 Å². The lowest BCUT2D eigenvalue weighted by Gasteiger charge is -2.04. The van der Waals surface area contributed by atoms with Gasteiger partial charge in [-0.25, -0.2) is 4.39 Å². The van der Waals surface area contributed by atoms with Gasteiger partial charge >= 0.3 is 0 Å². The number of halogens is 1. The maximum Gasteiger partial charge on any atom is 0.146 e. The molecule has 4 heteroatoms. The van der Waals surface area contributed by atoms with Crippen molar-refractivity contribution in [2.75, 3.05) is 0 Å². The lowest BCUT2D eigenvalue weighted by Crippen LogP contribution is -2.03. The second kappa shape index (κ2) is 4.15. The Morgan fingerprint density at radius 3 is 2.88 bits per heavy atom. The monoisotopic (exact) mass is 215 g/mol.